The predicted molar refractivity (Wildman–Crippen MR) is 65.9 cm³/mol. The Labute approximate surface area is 106 Å². The number of hydrogen-bond donors (Lipinski definition) is 1. The van der Waals surface area contributed by atoms with Gasteiger partial charge in [0.2, 0.25) is 0 Å². The van der Waals surface area contributed by atoms with Crippen LogP contribution in [0, 0.1) is 5.82 Å². The molecular formula is C10H7Cl2FN2S. The van der Waals surface area contributed by atoms with Crippen molar-refractivity contribution in [2.24, 2.45) is 0 Å². The lowest BCUT2D eigenvalue weighted by Gasteiger charge is -2.05. The van der Waals surface area contributed by atoms with Crippen molar-refractivity contribution < 1.29 is 4.39 Å². The molecule has 84 valence electrons. The molecule has 0 atom stereocenters. The molecule has 0 radical (unpaired) electrons. The van der Waals surface area contributed by atoms with Crippen LogP contribution in [0.25, 0.3) is 0 Å². The fourth-order valence-electron chi connectivity index (χ4n) is 1.17. The molecule has 1 N–H and O–H groups in total. The van der Waals surface area contributed by atoms with Crippen molar-refractivity contribution >= 4 is 40.2 Å². The molecule has 6 heteroatoms. The average molecular weight is 277 g/mol. The lowest BCUT2D eigenvalue weighted by atomic mass is 10.3. The van der Waals surface area contributed by atoms with Crippen LogP contribution in [-0.2, 0) is 6.54 Å². The Hall–Kier alpha value is -0.840. The van der Waals surface area contributed by atoms with Crippen molar-refractivity contribution in [2.45, 2.75) is 6.54 Å². The third-order valence-electron chi connectivity index (χ3n) is 1.89. The van der Waals surface area contributed by atoms with E-state index in [-0.39, 0.29) is 5.82 Å². The fourth-order valence-corrected chi connectivity index (χ4v) is 2.23. The molecule has 2 rings (SSSR count). The minimum Gasteiger partial charge on any atom is -0.376 e. The van der Waals surface area contributed by atoms with Crippen molar-refractivity contribution in [1.29, 1.82) is 0 Å². The van der Waals surface area contributed by atoms with Crippen molar-refractivity contribution in [3.63, 3.8) is 0 Å². The van der Waals surface area contributed by atoms with Crippen LogP contribution in [-0.4, -0.2) is 4.98 Å². The summed E-state index contributed by atoms with van der Waals surface area (Å²) < 4.78 is 14.0. The first-order valence-electron chi connectivity index (χ1n) is 4.44. The summed E-state index contributed by atoms with van der Waals surface area (Å²) >= 11 is 12.7. The van der Waals surface area contributed by atoms with E-state index in [0.717, 1.165) is 5.01 Å². The van der Waals surface area contributed by atoms with E-state index < -0.39 is 0 Å². The summed E-state index contributed by atoms with van der Waals surface area (Å²) in [5, 5.41) is 4.11. The number of benzene rings is 1. The standard InChI is InChI=1S/C10H7Cl2FN2S/c11-6-1-2-8(7(13)3-6)14-5-10-15-4-9(12)16-10/h1-4,14H,5H2. The minimum atomic E-state index is -0.379. The predicted octanol–water partition coefficient (Wildman–Crippen LogP) is 4.20. The molecule has 0 bridgehead atoms. The maximum atomic E-state index is 13.4. The number of nitrogens with zero attached hydrogens (tertiary/aromatic N) is 1. The number of rotatable bonds is 3. The quantitative estimate of drug-likeness (QED) is 0.909. The van der Waals surface area contributed by atoms with E-state index in [1.54, 1.807) is 18.3 Å². The Morgan fingerprint density at radius 1 is 1.38 bits per heavy atom. The van der Waals surface area contributed by atoms with Gasteiger partial charge >= 0.3 is 0 Å². The summed E-state index contributed by atoms with van der Waals surface area (Å²) in [7, 11) is 0. The van der Waals surface area contributed by atoms with Crippen LogP contribution >= 0.6 is 34.5 Å². The highest BCUT2D eigenvalue weighted by molar-refractivity contribution is 7.15. The van der Waals surface area contributed by atoms with Gasteiger partial charge in [0.05, 0.1) is 18.4 Å². The Bertz CT molecular complexity index is 501. The molecule has 0 spiro atoms. The monoisotopic (exact) mass is 276 g/mol. The Balaban J connectivity index is 2.04. The average Bonchev–Trinajstić information content (AvgIpc) is 2.63. The van der Waals surface area contributed by atoms with Crippen LogP contribution in [0.4, 0.5) is 10.1 Å². The molecule has 0 unspecified atom stereocenters. The van der Waals surface area contributed by atoms with Gasteiger partial charge in [-0.15, -0.1) is 11.3 Å². The van der Waals surface area contributed by atoms with Gasteiger partial charge < -0.3 is 5.32 Å². The molecule has 0 amide bonds. The molecule has 0 fully saturated rings. The molecule has 0 saturated heterocycles. The second-order valence-electron chi connectivity index (χ2n) is 3.04. The van der Waals surface area contributed by atoms with Gasteiger partial charge in [-0.25, -0.2) is 9.37 Å². The molecule has 2 aromatic rings. The van der Waals surface area contributed by atoms with E-state index in [2.05, 4.69) is 10.3 Å². The number of nitrogens with one attached hydrogen (secondary N) is 1. The molecule has 2 nitrogen and oxygen atoms in total. The number of hydrogen-bond acceptors (Lipinski definition) is 3. The number of thiazole rings is 1. The highest BCUT2D eigenvalue weighted by atomic mass is 35.5. The molecular weight excluding hydrogens is 270 g/mol. The molecule has 1 aromatic carbocycles. The highest BCUT2D eigenvalue weighted by Crippen LogP contribution is 2.22. The minimum absolute atomic E-state index is 0.375. The zero-order chi connectivity index (χ0) is 11.5. The first-order chi connectivity index (χ1) is 7.65. The summed E-state index contributed by atoms with van der Waals surface area (Å²) in [6.45, 7) is 0.440. The highest BCUT2D eigenvalue weighted by Gasteiger charge is 2.04. The Morgan fingerprint density at radius 2 is 2.19 bits per heavy atom. The van der Waals surface area contributed by atoms with Gasteiger partial charge in [0.1, 0.15) is 15.2 Å². The molecule has 0 aliphatic rings. The van der Waals surface area contributed by atoms with Crippen molar-refractivity contribution in [1.82, 2.24) is 4.98 Å². The Kier molecular flexibility index (Phi) is 3.63. The van der Waals surface area contributed by atoms with Gasteiger partial charge in [0.15, 0.2) is 0 Å². The van der Waals surface area contributed by atoms with Crippen LogP contribution in [0.15, 0.2) is 24.4 Å². The van der Waals surface area contributed by atoms with E-state index in [1.807, 2.05) is 0 Å². The topological polar surface area (TPSA) is 24.9 Å². The lowest BCUT2D eigenvalue weighted by molar-refractivity contribution is 0.630. The summed E-state index contributed by atoms with van der Waals surface area (Å²) in [6.07, 6.45) is 1.57. The van der Waals surface area contributed by atoms with Crippen molar-refractivity contribution in [2.75, 3.05) is 5.32 Å². The zero-order valence-electron chi connectivity index (χ0n) is 8.01. The van der Waals surface area contributed by atoms with Gasteiger partial charge in [-0.2, -0.15) is 0 Å². The normalized spacial score (nSPS) is 10.4. The largest absolute Gasteiger partial charge is 0.376 e. The molecule has 1 heterocycles. The molecule has 1 aromatic heterocycles. The van der Waals surface area contributed by atoms with Crippen molar-refractivity contribution in [3.8, 4) is 0 Å². The van der Waals surface area contributed by atoms with E-state index in [1.165, 1.54) is 17.4 Å². The SMILES string of the molecule is Fc1cc(Cl)ccc1NCc1ncc(Cl)s1. The van der Waals surface area contributed by atoms with E-state index in [4.69, 9.17) is 23.2 Å². The van der Waals surface area contributed by atoms with Gasteiger partial charge in [-0.3, -0.25) is 0 Å². The van der Waals surface area contributed by atoms with E-state index >= 15 is 0 Å². The number of aromatic nitrogens is 1. The van der Waals surface area contributed by atoms with Gasteiger partial charge in [0.25, 0.3) is 0 Å². The molecule has 16 heavy (non-hydrogen) atoms. The van der Waals surface area contributed by atoms with Crippen LogP contribution < -0.4 is 5.32 Å². The second kappa shape index (κ2) is 4.99. The smallest absolute Gasteiger partial charge is 0.147 e. The van der Waals surface area contributed by atoms with Crippen molar-refractivity contribution in [3.05, 3.63) is 44.6 Å². The number of anilines is 1. The summed E-state index contributed by atoms with van der Waals surface area (Å²) in [5.74, 6) is -0.379. The summed E-state index contributed by atoms with van der Waals surface area (Å²) in [5.41, 5.74) is 0.399. The van der Waals surface area contributed by atoms with Crippen LogP contribution in [0.5, 0.6) is 0 Å². The zero-order valence-corrected chi connectivity index (χ0v) is 10.3. The molecule has 0 saturated carbocycles. The maximum Gasteiger partial charge on any atom is 0.147 e. The number of halogens is 3. The van der Waals surface area contributed by atoms with Gasteiger partial charge in [0, 0.05) is 5.02 Å². The third kappa shape index (κ3) is 2.84. The van der Waals surface area contributed by atoms with Crippen LogP contribution in [0.3, 0.4) is 0 Å². The first-order valence-corrected chi connectivity index (χ1v) is 6.01. The second-order valence-corrected chi connectivity index (χ2v) is 5.22. The third-order valence-corrected chi connectivity index (χ3v) is 3.24. The fraction of sp³-hybridized carbons (Fsp3) is 0.100. The van der Waals surface area contributed by atoms with Gasteiger partial charge in [-0.05, 0) is 18.2 Å². The molecule has 0 aliphatic carbocycles. The summed E-state index contributed by atoms with van der Waals surface area (Å²) in [6, 6.07) is 4.48. The Morgan fingerprint density at radius 3 is 2.81 bits per heavy atom. The van der Waals surface area contributed by atoms with E-state index in [0.29, 0.717) is 21.6 Å². The van der Waals surface area contributed by atoms with Crippen LogP contribution in [0.2, 0.25) is 9.36 Å². The first kappa shape index (κ1) is 11.6. The maximum absolute atomic E-state index is 13.4. The molecule has 0 aliphatic heterocycles. The van der Waals surface area contributed by atoms with E-state index in [9.17, 15) is 4.39 Å². The van der Waals surface area contributed by atoms with Gasteiger partial charge in [-0.1, -0.05) is 23.2 Å². The summed E-state index contributed by atoms with van der Waals surface area (Å²) in [4.78, 5) is 4.05. The lowest BCUT2D eigenvalue weighted by Crippen LogP contribution is -2.00. The van der Waals surface area contributed by atoms with Crippen LogP contribution in [0.1, 0.15) is 5.01 Å².